The van der Waals surface area contributed by atoms with Gasteiger partial charge >= 0.3 is 5.97 Å². The van der Waals surface area contributed by atoms with Gasteiger partial charge in [-0.15, -0.1) is 0 Å². The van der Waals surface area contributed by atoms with Gasteiger partial charge < -0.3 is 4.74 Å². The van der Waals surface area contributed by atoms with Gasteiger partial charge in [0.15, 0.2) is 0 Å². The topological polar surface area (TPSA) is 26.3 Å². The van der Waals surface area contributed by atoms with Crippen molar-refractivity contribution in [3.8, 4) is 0 Å². The minimum Gasteiger partial charge on any atom is -0.463 e. The standard InChI is InChI=1S/C26H46O2/c1-3-22(23-11-6-4-7-12-23)13-10-18-26(24-14-8-5-9-15-24)19-16-25(17-20-26)28-21(2)27/h22-25H,3-20H2,1-2H3/t22?,25-,26+. The summed E-state index contributed by atoms with van der Waals surface area (Å²) in [4.78, 5) is 11.4. The second kappa shape index (κ2) is 11.0. The van der Waals surface area contributed by atoms with Crippen LogP contribution in [-0.4, -0.2) is 12.1 Å². The third-order valence-electron chi connectivity index (χ3n) is 8.82. The van der Waals surface area contributed by atoms with E-state index in [4.69, 9.17) is 4.74 Å². The number of hydrogen-bond donors (Lipinski definition) is 0. The Balaban J connectivity index is 1.55. The summed E-state index contributed by atoms with van der Waals surface area (Å²) in [5.74, 6) is 2.84. The van der Waals surface area contributed by atoms with Crippen molar-refractivity contribution in [1.82, 2.24) is 0 Å². The van der Waals surface area contributed by atoms with E-state index in [1.165, 1.54) is 103 Å². The molecule has 1 unspecified atom stereocenters. The Morgan fingerprint density at radius 2 is 1.54 bits per heavy atom. The molecular formula is C26H46O2. The molecule has 3 fully saturated rings. The van der Waals surface area contributed by atoms with Gasteiger partial charge in [0.2, 0.25) is 0 Å². The molecule has 0 heterocycles. The van der Waals surface area contributed by atoms with Crippen LogP contribution in [-0.2, 0) is 9.53 Å². The lowest BCUT2D eigenvalue weighted by molar-refractivity contribution is -0.150. The van der Waals surface area contributed by atoms with Crippen molar-refractivity contribution in [3.05, 3.63) is 0 Å². The summed E-state index contributed by atoms with van der Waals surface area (Å²) in [7, 11) is 0. The van der Waals surface area contributed by atoms with E-state index in [-0.39, 0.29) is 12.1 Å². The van der Waals surface area contributed by atoms with Crippen molar-refractivity contribution in [1.29, 1.82) is 0 Å². The van der Waals surface area contributed by atoms with E-state index in [0.29, 0.717) is 5.41 Å². The van der Waals surface area contributed by atoms with Gasteiger partial charge in [0.1, 0.15) is 6.10 Å². The lowest BCUT2D eigenvalue weighted by Crippen LogP contribution is -2.38. The highest BCUT2D eigenvalue weighted by atomic mass is 16.5. The number of ether oxygens (including phenoxy) is 1. The molecule has 28 heavy (non-hydrogen) atoms. The first-order valence-corrected chi connectivity index (χ1v) is 12.8. The van der Waals surface area contributed by atoms with Crippen LogP contribution >= 0.6 is 0 Å². The monoisotopic (exact) mass is 390 g/mol. The molecule has 0 aromatic rings. The highest BCUT2D eigenvalue weighted by molar-refractivity contribution is 5.66. The molecule has 0 saturated heterocycles. The smallest absolute Gasteiger partial charge is 0.302 e. The molecule has 162 valence electrons. The predicted octanol–water partition coefficient (Wildman–Crippen LogP) is 7.84. The molecule has 0 aromatic carbocycles. The Labute approximate surface area is 174 Å². The van der Waals surface area contributed by atoms with E-state index in [9.17, 15) is 4.79 Å². The van der Waals surface area contributed by atoms with Crippen molar-refractivity contribution < 1.29 is 9.53 Å². The van der Waals surface area contributed by atoms with Crippen LogP contribution in [0, 0.1) is 23.2 Å². The van der Waals surface area contributed by atoms with E-state index in [1.54, 1.807) is 6.92 Å². The average molecular weight is 391 g/mol. The minimum atomic E-state index is -0.0894. The molecule has 0 aromatic heterocycles. The SMILES string of the molecule is CCC(CCC[C@]1(C2CCCCC2)CC[C@@H](OC(C)=O)CC1)C1CCCCC1. The van der Waals surface area contributed by atoms with Gasteiger partial charge in [0.05, 0.1) is 0 Å². The molecular weight excluding hydrogens is 344 g/mol. The number of esters is 1. The largest absolute Gasteiger partial charge is 0.463 e. The highest BCUT2D eigenvalue weighted by Gasteiger charge is 2.42. The number of rotatable bonds is 8. The number of carbonyl (C=O) groups excluding carboxylic acids is 1. The van der Waals surface area contributed by atoms with E-state index in [0.717, 1.165) is 30.6 Å². The molecule has 0 amide bonds. The first-order valence-electron chi connectivity index (χ1n) is 12.8. The first kappa shape index (κ1) is 22.2. The van der Waals surface area contributed by atoms with Crippen molar-refractivity contribution in [2.24, 2.45) is 23.2 Å². The Hall–Kier alpha value is -0.530. The van der Waals surface area contributed by atoms with Gasteiger partial charge in [-0.25, -0.2) is 0 Å². The van der Waals surface area contributed by atoms with Crippen LogP contribution in [0.25, 0.3) is 0 Å². The van der Waals surface area contributed by atoms with Gasteiger partial charge in [0, 0.05) is 6.92 Å². The summed E-state index contributed by atoms with van der Waals surface area (Å²) in [5, 5.41) is 0. The second-order valence-corrected chi connectivity index (χ2v) is 10.5. The van der Waals surface area contributed by atoms with Crippen molar-refractivity contribution >= 4 is 5.97 Å². The first-order chi connectivity index (χ1) is 13.6. The summed E-state index contributed by atoms with van der Waals surface area (Å²) in [6, 6.07) is 0. The Bertz CT molecular complexity index is 451. The second-order valence-electron chi connectivity index (χ2n) is 10.5. The van der Waals surface area contributed by atoms with Gasteiger partial charge in [-0.3, -0.25) is 4.79 Å². The highest BCUT2D eigenvalue weighted by Crippen LogP contribution is 2.52. The van der Waals surface area contributed by atoms with E-state index in [2.05, 4.69) is 6.92 Å². The summed E-state index contributed by atoms with van der Waals surface area (Å²) >= 11 is 0. The van der Waals surface area contributed by atoms with Crippen molar-refractivity contribution in [3.63, 3.8) is 0 Å². The zero-order valence-corrected chi connectivity index (χ0v) is 18.9. The maximum Gasteiger partial charge on any atom is 0.302 e. The van der Waals surface area contributed by atoms with E-state index in [1.807, 2.05) is 0 Å². The number of carbonyl (C=O) groups is 1. The van der Waals surface area contributed by atoms with Gasteiger partial charge in [-0.1, -0.05) is 77.6 Å². The predicted molar refractivity (Wildman–Crippen MR) is 117 cm³/mol. The average Bonchev–Trinajstić information content (AvgIpc) is 2.73. The fraction of sp³-hybridized carbons (Fsp3) is 0.962. The lowest BCUT2D eigenvalue weighted by atomic mass is 9.59. The molecule has 0 bridgehead atoms. The fourth-order valence-corrected chi connectivity index (χ4v) is 7.19. The van der Waals surface area contributed by atoms with E-state index < -0.39 is 0 Å². The summed E-state index contributed by atoms with van der Waals surface area (Å²) in [5.41, 5.74) is 0.557. The third-order valence-corrected chi connectivity index (χ3v) is 8.82. The van der Waals surface area contributed by atoms with Gasteiger partial charge in [0.25, 0.3) is 0 Å². The molecule has 3 saturated carbocycles. The Morgan fingerprint density at radius 1 is 0.929 bits per heavy atom. The molecule has 0 N–H and O–H groups in total. The zero-order valence-electron chi connectivity index (χ0n) is 18.9. The molecule has 3 aliphatic carbocycles. The molecule has 0 aliphatic heterocycles. The molecule has 3 aliphatic rings. The summed E-state index contributed by atoms with van der Waals surface area (Å²) in [6.45, 7) is 4.00. The van der Waals surface area contributed by atoms with Crippen LogP contribution in [0.1, 0.15) is 129 Å². The molecule has 2 nitrogen and oxygen atoms in total. The van der Waals surface area contributed by atoms with Crippen LogP contribution in [0.15, 0.2) is 0 Å². The maximum absolute atomic E-state index is 11.4. The van der Waals surface area contributed by atoms with Crippen molar-refractivity contribution in [2.75, 3.05) is 0 Å². The summed E-state index contributed by atoms with van der Waals surface area (Å²) in [6.07, 6.45) is 25.4. The zero-order chi connectivity index (χ0) is 19.8. The maximum atomic E-state index is 11.4. The fourth-order valence-electron chi connectivity index (χ4n) is 7.19. The quantitative estimate of drug-likeness (QED) is 0.395. The van der Waals surface area contributed by atoms with Crippen molar-refractivity contribution in [2.45, 2.75) is 136 Å². The normalized spacial score (nSPS) is 31.4. The number of hydrogen-bond acceptors (Lipinski definition) is 2. The molecule has 0 radical (unpaired) electrons. The van der Waals surface area contributed by atoms with Crippen LogP contribution in [0.3, 0.4) is 0 Å². The summed E-state index contributed by atoms with van der Waals surface area (Å²) < 4.78 is 5.57. The third kappa shape index (κ3) is 5.99. The van der Waals surface area contributed by atoms with Gasteiger partial charge in [-0.05, 0) is 68.1 Å². The van der Waals surface area contributed by atoms with Gasteiger partial charge in [-0.2, -0.15) is 0 Å². The Morgan fingerprint density at radius 3 is 2.11 bits per heavy atom. The molecule has 0 spiro atoms. The van der Waals surface area contributed by atoms with E-state index >= 15 is 0 Å². The van der Waals surface area contributed by atoms with Crippen LogP contribution in [0.2, 0.25) is 0 Å². The minimum absolute atomic E-state index is 0.0894. The molecule has 2 heteroatoms. The molecule has 1 atom stereocenters. The van der Waals surface area contributed by atoms with Crippen LogP contribution < -0.4 is 0 Å². The lowest BCUT2D eigenvalue weighted by Gasteiger charge is -2.47. The van der Waals surface area contributed by atoms with Crippen LogP contribution in [0.4, 0.5) is 0 Å². The molecule has 3 rings (SSSR count). The van der Waals surface area contributed by atoms with Crippen LogP contribution in [0.5, 0.6) is 0 Å². The Kier molecular flexibility index (Phi) is 8.72.